The molecule has 0 aromatic heterocycles. The molecule has 1 aliphatic rings. The molecule has 0 saturated heterocycles. The highest BCUT2D eigenvalue weighted by Gasteiger charge is 2.28. The number of nitrogens with zero attached hydrogens (tertiary/aromatic N) is 1. The molecule has 1 aliphatic carbocycles. The molecule has 0 radical (unpaired) electrons. The molecule has 0 aliphatic heterocycles. The van der Waals surface area contributed by atoms with Crippen LogP contribution < -0.4 is 0 Å². The van der Waals surface area contributed by atoms with Crippen molar-refractivity contribution in [1.29, 1.82) is 0 Å². The fourth-order valence-electron chi connectivity index (χ4n) is 2.89. The summed E-state index contributed by atoms with van der Waals surface area (Å²) in [4.78, 5) is 13.6. The SMILES string of the molecule is CC1CCC(N(C)C(=O)c2ccc(S(=O)(=O)C(F)F)cc2)CC1. The highest BCUT2D eigenvalue weighted by atomic mass is 32.2. The van der Waals surface area contributed by atoms with Crippen molar-refractivity contribution in [3.63, 3.8) is 0 Å². The van der Waals surface area contributed by atoms with Gasteiger partial charge in [0.05, 0.1) is 4.90 Å². The first kappa shape index (κ1) is 17.8. The Morgan fingerprint density at radius 1 is 1.13 bits per heavy atom. The number of alkyl halides is 2. The maximum absolute atomic E-state index is 12.5. The zero-order valence-electron chi connectivity index (χ0n) is 13.2. The Kier molecular flexibility index (Phi) is 5.39. The summed E-state index contributed by atoms with van der Waals surface area (Å²) in [5, 5.41) is 0. The quantitative estimate of drug-likeness (QED) is 0.841. The van der Waals surface area contributed by atoms with Crippen molar-refractivity contribution in [3.8, 4) is 0 Å². The van der Waals surface area contributed by atoms with E-state index in [-0.39, 0.29) is 11.9 Å². The van der Waals surface area contributed by atoms with Crippen LogP contribution in [0.5, 0.6) is 0 Å². The predicted octanol–water partition coefficient (Wildman–Crippen LogP) is 3.33. The number of amides is 1. The summed E-state index contributed by atoms with van der Waals surface area (Å²) in [6.07, 6.45) is 4.05. The average molecular weight is 345 g/mol. The van der Waals surface area contributed by atoms with Crippen molar-refractivity contribution in [2.24, 2.45) is 5.92 Å². The molecule has 4 nitrogen and oxygen atoms in total. The highest BCUT2D eigenvalue weighted by Crippen LogP contribution is 2.27. The minimum atomic E-state index is -4.62. The number of carbonyl (C=O) groups excluding carboxylic acids is 1. The second kappa shape index (κ2) is 6.95. The third-order valence-corrected chi connectivity index (χ3v) is 5.92. The lowest BCUT2D eigenvalue weighted by Gasteiger charge is -2.33. The van der Waals surface area contributed by atoms with E-state index >= 15 is 0 Å². The summed E-state index contributed by atoms with van der Waals surface area (Å²) in [7, 11) is -2.90. The van der Waals surface area contributed by atoms with E-state index in [9.17, 15) is 22.0 Å². The van der Waals surface area contributed by atoms with Gasteiger partial charge in [0.15, 0.2) is 0 Å². The lowest BCUT2D eigenvalue weighted by molar-refractivity contribution is 0.0679. The maximum atomic E-state index is 12.5. The third kappa shape index (κ3) is 3.88. The van der Waals surface area contributed by atoms with E-state index < -0.39 is 20.5 Å². The number of benzene rings is 1. The summed E-state index contributed by atoms with van der Waals surface area (Å²) >= 11 is 0. The van der Waals surface area contributed by atoms with Gasteiger partial charge in [-0.1, -0.05) is 6.92 Å². The van der Waals surface area contributed by atoms with Crippen LogP contribution in [-0.4, -0.2) is 38.1 Å². The maximum Gasteiger partial charge on any atom is 0.341 e. The monoisotopic (exact) mass is 345 g/mol. The van der Waals surface area contributed by atoms with Gasteiger partial charge in [-0.25, -0.2) is 8.42 Å². The fourth-order valence-corrected chi connectivity index (χ4v) is 3.61. The van der Waals surface area contributed by atoms with Crippen LogP contribution in [0.2, 0.25) is 0 Å². The van der Waals surface area contributed by atoms with Gasteiger partial charge in [0.1, 0.15) is 0 Å². The largest absolute Gasteiger partial charge is 0.341 e. The Labute approximate surface area is 135 Å². The molecular weight excluding hydrogens is 324 g/mol. The van der Waals surface area contributed by atoms with Crippen LogP contribution in [0, 0.1) is 5.92 Å². The van der Waals surface area contributed by atoms with Crippen LogP contribution in [0.3, 0.4) is 0 Å². The van der Waals surface area contributed by atoms with E-state index in [2.05, 4.69) is 6.92 Å². The summed E-state index contributed by atoms with van der Waals surface area (Å²) < 4.78 is 47.8. The number of halogens is 2. The van der Waals surface area contributed by atoms with E-state index in [4.69, 9.17) is 0 Å². The van der Waals surface area contributed by atoms with Gasteiger partial charge in [0.25, 0.3) is 5.91 Å². The van der Waals surface area contributed by atoms with Gasteiger partial charge in [-0.3, -0.25) is 4.79 Å². The van der Waals surface area contributed by atoms with Crippen molar-refractivity contribution in [2.75, 3.05) is 7.05 Å². The number of hydrogen-bond donors (Lipinski definition) is 0. The molecule has 128 valence electrons. The van der Waals surface area contributed by atoms with Gasteiger partial charge in [-0.2, -0.15) is 8.78 Å². The molecule has 0 N–H and O–H groups in total. The lowest BCUT2D eigenvalue weighted by atomic mass is 9.86. The summed E-state index contributed by atoms with van der Waals surface area (Å²) in [6.45, 7) is 2.19. The molecule has 1 aromatic carbocycles. The molecule has 7 heteroatoms. The summed E-state index contributed by atoms with van der Waals surface area (Å²) in [6, 6.07) is 4.87. The normalized spacial score (nSPS) is 22.1. The van der Waals surface area contributed by atoms with E-state index in [1.165, 1.54) is 12.1 Å². The first-order valence-corrected chi connectivity index (χ1v) is 9.17. The first-order valence-electron chi connectivity index (χ1n) is 7.62. The highest BCUT2D eigenvalue weighted by molar-refractivity contribution is 7.91. The van der Waals surface area contributed by atoms with E-state index in [0.717, 1.165) is 37.8 Å². The van der Waals surface area contributed by atoms with Gasteiger partial charge in [0, 0.05) is 18.7 Å². The van der Waals surface area contributed by atoms with Gasteiger partial charge in [-0.15, -0.1) is 0 Å². The molecule has 0 atom stereocenters. The Morgan fingerprint density at radius 3 is 2.13 bits per heavy atom. The molecule has 23 heavy (non-hydrogen) atoms. The average Bonchev–Trinajstić information content (AvgIpc) is 2.54. The number of carbonyl (C=O) groups is 1. The summed E-state index contributed by atoms with van der Waals surface area (Å²) in [5.41, 5.74) is 0.305. The Bertz CT molecular complexity index is 650. The van der Waals surface area contributed by atoms with Crippen molar-refractivity contribution >= 4 is 15.7 Å². The molecule has 1 amide bonds. The predicted molar refractivity (Wildman–Crippen MR) is 83.1 cm³/mol. The third-order valence-electron chi connectivity index (χ3n) is 4.52. The molecule has 1 saturated carbocycles. The second-order valence-corrected chi connectivity index (χ2v) is 8.08. The van der Waals surface area contributed by atoms with Crippen LogP contribution in [0.15, 0.2) is 29.2 Å². The molecule has 0 heterocycles. The first-order chi connectivity index (χ1) is 10.7. The van der Waals surface area contributed by atoms with E-state index in [1.54, 1.807) is 11.9 Å². The van der Waals surface area contributed by atoms with Gasteiger partial charge < -0.3 is 4.90 Å². The van der Waals surface area contributed by atoms with Crippen LogP contribution in [0.4, 0.5) is 8.78 Å². The standard InChI is InChI=1S/C16H21F2NO3S/c1-11-3-7-13(8-4-11)19(2)15(20)12-5-9-14(10-6-12)23(21,22)16(17)18/h5-6,9-11,13,16H,3-4,7-8H2,1-2H3. The number of rotatable bonds is 4. The zero-order chi connectivity index (χ0) is 17.2. The van der Waals surface area contributed by atoms with Gasteiger partial charge in [-0.05, 0) is 55.9 Å². The summed E-state index contributed by atoms with van der Waals surface area (Å²) in [5.74, 6) is -3.00. The van der Waals surface area contributed by atoms with Crippen molar-refractivity contribution < 1.29 is 22.0 Å². The molecule has 2 rings (SSSR count). The Balaban J connectivity index is 2.11. The molecule has 0 unspecified atom stereocenters. The topological polar surface area (TPSA) is 54.5 Å². The van der Waals surface area contributed by atoms with Crippen LogP contribution in [0.25, 0.3) is 0 Å². The molecule has 0 bridgehead atoms. The van der Waals surface area contributed by atoms with E-state index in [1.807, 2.05) is 0 Å². The number of sulfone groups is 1. The van der Waals surface area contributed by atoms with E-state index in [0.29, 0.717) is 11.5 Å². The lowest BCUT2D eigenvalue weighted by Crippen LogP contribution is -2.39. The van der Waals surface area contributed by atoms with Gasteiger partial charge >= 0.3 is 5.76 Å². The van der Waals surface area contributed by atoms with Crippen molar-refractivity contribution in [3.05, 3.63) is 29.8 Å². The molecule has 0 spiro atoms. The zero-order valence-corrected chi connectivity index (χ0v) is 14.0. The van der Waals surface area contributed by atoms with Crippen LogP contribution in [-0.2, 0) is 9.84 Å². The minimum absolute atomic E-state index is 0.170. The Hall–Kier alpha value is -1.50. The molecule has 1 aromatic rings. The minimum Gasteiger partial charge on any atom is -0.339 e. The number of hydrogen-bond acceptors (Lipinski definition) is 3. The fraction of sp³-hybridized carbons (Fsp3) is 0.562. The smallest absolute Gasteiger partial charge is 0.339 e. The van der Waals surface area contributed by atoms with Crippen LogP contribution >= 0.6 is 0 Å². The van der Waals surface area contributed by atoms with Crippen LogP contribution in [0.1, 0.15) is 43.0 Å². The molecule has 1 fully saturated rings. The van der Waals surface area contributed by atoms with Gasteiger partial charge in [0.2, 0.25) is 9.84 Å². The Morgan fingerprint density at radius 2 is 1.65 bits per heavy atom. The van der Waals surface area contributed by atoms with Crippen molar-refractivity contribution in [1.82, 2.24) is 4.90 Å². The second-order valence-electron chi connectivity index (χ2n) is 6.16. The van der Waals surface area contributed by atoms with Crippen molar-refractivity contribution in [2.45, 2.75) is 49.3 Å². The molecular formula is C16H21F2NO3S.